The van der Waals surface area contributed by atoms with E-state index in [-0.39, 0.29) is 0 Å². The lowest BCUT2D eigenvalue weighted by atomic mass is 10.2. The number of halogens is 7. The molecule has 0 aromatic carbocycles. The molecule has 0 radical (unpaired) electrons. The van der Waals surface area contributed by atoms with Crippen LogP contribution in [0.5, 0.6) is 0 Å². The highest BCUT2D eigenvalue weighted by Crippen LogP contribution is 2.27. The predicted octanol–water partition coefficient (Wildman–Crippen LogP) is 3.33. The van der Waals surface area contributed by atoms with E-state index in [0.29, 0.717) is 0 Å². The molecule has 0 rings (SSSR count). The normalized spacial score (nSPS) is 11.7. The van der Waals surface area contributed by atoms with Crippen molar-refractivity contribution in [2.24, 2.45) is 0 Å². The van der Waals surface area contributed by atoms with E-state index in [0.717, 1.165) is 0 Å². The van der Waals surface area contributed by atoms with E-state index in [2.05, 4.69) is 4.74 Å². The molecule has 0 aliphatic heterocycles. The Morgan fingerprint density at radius 3 is 2.00 bits per heavy atom. The first kappa shape index (κ1) is 13.1. The lowest BCUT2D eigenvalue weighted by Gasteiger charge is -2.14. The SMILES string of the molecule is FC(F)=C(F)OCCC(F)(F)C(F)F. The molecule has 84 valence electrons. The minimum Gasteiger partial charge on any atom is -0.467 e. The van der Waals surface area contributed by atoms with Crippen molar-refractivity contribution < 1.29 is 35.5 Å². The lowest BCUT2D eigenvalue weighted by Crippen LogP contribution is -2.27. The van der Waals surface area contributed by atoms with Crippen molar-refractivity contribution in [3.63, 3.8) is 0 Å². The number of ether oxygens (including phenoxy) is 1. The molecule has 0 aliphatic carbocycles. The standard InChI is InChI=1S/C6H5F7O/c7-3(8)4(9)14-2-1-6(12,13)5(10)11/h5H,1-2H2. The van der Waals surface area contributed by atoms with Crippen molar-refractivity contribution in [2.45, 2.75) is 18.8 Å². The Labute approximate surface area is 74.1 Å². The van der Waals surface area contributed by atoms with E-state index < -0.39 is 37.5 Å². The van der Waals surface area contributed by atoms with Gasteiger partial charge in [-0.3, -0.25) is 0 Å². The highest BCUT2D eigenvalue weighted by Gasteiger charge is 2.40. The minimum atomic E-state index is -4.37. The van der Waals surface area contributed by atoms with Crippen molar-refractivity contribution in [3.8, 4) is 0 Å². The van der Waals surface area contributed by atoms with Gasteiger partial charge in [0.2, 0.25) is 0 Å². The second kappa shape index (κ2) is 5.06. The number of hydrogen-bond acceptors (Lipinski definition) is 1. The summed E-state index contributed by atoms with van der Waals surface area (Å²) in [6.07, 6.45) is -8.30. The summed E-state index contributed by atoms with van der Waals surface area (Å²) in [6.45, 7) is -1.25. The van der Waals surface area contributed by atoms with Gasteiger partial charge in [0.05, 0.1) is 13.0 Å². The molecule has 0 aromatic rings. The first-order chi connectivity index (χ1) is 6.27. The van der Waals surface area contributed by atoms with E-state index in [9.17, 15) is 30.7 Å². The summed E-state index contributed by atoms with van der Waals surface area (Å²) in [6, 6.07) is -2.34. The van der Waals surface area contributed by atoms with Crippen LogP contribution in [-0.4, -0.2) is 19.0 Å². The minimum absolute atomic E-state index is 1.25. The molecule has 8 heteroatoms. The van der Waals surface area contributed by atoms with Crippen molar-refractivity contribution in [1.82, 2.24) is 0 Å². The van der Waals surface area contributed by atoms with Crippen LogP contribution in [0.15, 0.2) is 12.1 Å². The van der Waals surface area contributed by atoms with Crippen LogP contribution in [0.2, 0.25) is 0 Å². The maximum atomic E-state index is 12.0. The van der Waals surface area contributed by atoms with Gasteiger partial charge in [0.1, 0.15) is 0 Å². The average molecular weight is 226 g/mol. The van der Waals surface area contributed by atoms with E-state index >= 15 is 0 Å². The van der Waals surface area contributed by atoms with Gasteiger partial charge in [-0.1, -0.05) is 0 Å². The van der Waals surface area contributed by atoms with Gasteiger partial charge < -0.3 is 4.74 Å². The van der Waals surface area contributed by atoms with E-state index in [4.69, 9.17) is 0 Å². The monoisotopic (exact) mass is 226 g/mol. The predicted molar refractivity (Wildman–Crippen MR) is 31.9 cm³/mol. The molecule has 0 amide bonds. The Hall–Kier alpha value is -0.950. The first-order valence-electron chi connectivity index (χ1n) is 3.27. The molecule has 0 saturated carbocycles. The number of alkyl halides is 4. The summed E-state index contributed by atoms with van der Waals surface area (Å²) in [4.78, 5) is 0. The maximum absolute atomic E-state index is 12.0. The zero-order valence-electron chi connectivity index (χ0n) is 6.55. The van der Waals surface area contributed by atoms with Crippen LogP contribution in [0.3, 0.4) is 0 Å². The second-order valence-electron chi connectivity index (χ2n) is 2.19. The van der Waals surface area contributed by atoms with Crippen molar-refractivity contribution in [1.29, 1.82) is 0 Å². The molecule has 0 heterocycles. The number of hydrogen-bond donors (Lipinski definition) is 0. The summed E-state index contributed by atoms with van der Waals surface area (Å²) in [5, 5.41) is 0. The zero-order valence-corrected chi connectivity index (χ0v) is 6.55. The third kappa shape index (κ3) is 4.33. The molecule has 0 fully saturated rings. The lowest BCUT2D eigenvalue weighted by molar-refractivity contribution is -0.140. The van der Waals surface area contributed by atoms with Crippen LogP contribution in [0.4, 0.5) is 30.7 Å². The Morgan fingerprint density at radius 1 is 1.14 bits per heavy atom. The van der Waals surface area contributed by atoms with Crippen LogP contribution < -0.4 is 0 Å². The molecular formula is C6H5F7O. The van der Waals surface area contributed by atoms with Gasteiger partial charge in [0.25, 0.3) is 0 Å². The molecule has 0 bridgehead atoms. The summed E-state index contributed by atoms with van der Waals surface area (Å²) in [7, 11) is 0. The van der Waals surface area contributed by atoms with Crippen LogP contribution in [0.1, 0.15) is 6.42 Å². The first-order valence-corrected chi connectivity index (χ1v) is 3.27. The van der Waals surface area contributed by atoms with Crippen LogP contribution >= 0.6 is 0 Å². The molecular weight excluding hydrogens is 221 g/mol. The summed E-state index contributed by atoms with van der Waals surface area (Å²) >= 11 is 0. The molecule has 0 aromatic heterocycles. The molecule has 0 aliphatic rings. The quantitative estimate of drug-likeness (QED) is 0.516. The summed E-state index contributed by atoms with van der Waals surface area (Å²) in [5.41, 5.74) is 0. The van der Waals surface area contributed by atoms with Gasteiger partial charge in [0, 0.05) is 0 Å². The highest BCUT2D eigenvalue weighted by molar-refractivity contribution is 4.81. The van der Waals surface area contributed by atoms with Gasteiger partial charge >= 0.3 is 24.4 Å². The molecule has 1 nitrogen and oxygen atoms in total. The Kier molecular flexibility index (Phi) is 4.72. The summed E-state index contributed by atoms with van der Waals surface area (Å²) in [5.74, 6) is -4.37. The third-order valence-corrected chi connectivity index (χ3v) is 1.13. The molecule has 14 heavy (non-hydrogen) atoms. The molecule has 0 saturated heterocycles. The van der Waals surface area contributed by atoms with Crippen molar-refractivity contribution in [2.75, 3.05) is 6.61 Å². The van der Waals surface area contributed by atoms with Gasteiger partial charge in [-0.15, -0.1) is 0 Å². The van der Waals surface area contributed by atoms with Crippen molar-refractivity contribution in [3.05, 3.63) is 12.1 Å². The largest absolute Gasteiger partial charge is 0.467 e. The van der Waals surface area contributed by atoms with E-state index in [1.165, 1.54) is 0 Å². The van der Waals surface area contributed by atoms with Gasteiger partial charge in [-0.25, -0.2) is 17.6 Å². The van der Waals surface area contributed by atoms with Crippen LogP contribution in [0.25, 0.3) is 0 Å². The molecule has 0 unspecified atom stereocenters. The van der Waals surface area contributed by atoms with Gasteiger partial charge in [0.15, 0.2) is 0 Å². The maximum Gasteiger partial charge on any atom is 0.342 e. The fourth-order valence-electron chi connectivity index (χ4n) is 0.440. The Bertz CT molecular complexity index is 208. The second-order valence-corrected chi connectivity index (χ2v) is 2.19. The van der Waals surface area contributed by atoms with E-state index in [1.807, 2.05) is 0 Å². The zero-order chi connectivity index (χ0) is 11.4. The fourth-order valence-corrected chi connectivity index (χ4v) is 0.440. The third-order valence-electron chi connectivity index (χ3n) is 1.13. The Balaban J connectivity index is 3.92. The summed E-state index contributed by atoms with van der Waals surface area (Å²) < 4.78 is 84.7. The topological polar surface area (TPSA) is 9.23 Å². The van der Waals surface area contributed by atoms with E-state index in [1.54, 1.807) is 0 Å². The molecule has 0 N–H and O–H groups in total. The van der Waals surface area contributed by atoms with Gasteiger partial charge in [-0.2, -0.15) is 13.2 Å². The van der Waals surface area contributed by atoms with Crippen molar-refractivity contribution >= 4 is 0 Å². The molecule has 0 spiro atoms. The fraction of sp³-hybridized carbons (Fsp3) is 0.667. The van der Waals surface area contributed by atoms with Crippen LogP contribution in [0, 0.1) is 0 Å². The van der Waals surface area contributed by atoms with Crippen LogP contribution in [-0.2, 0) is 4.74 Å². The number of rotatable bonds is 5. The highest BCUT2D eigenvalue weighted by atomic mass is 19.3. The van der Waals surface area contributed by atoms with Gasteiger partial charge in [-0.05, 0) is 0 Å². The smallest absolute Gasteiger partial charge is 0.342 e. The average Bonchev–Trinajstić information content (AvgIpc) is 2.03. The molecule has 0 atom stereocenters. The Morgan fingerprint density at radius 2 is 1.64 bits per heavy atom.